The smallest absolute Gasteiger partial charge is 0.136 e. The Hall–Kier alpha value is -2.29. The van der Waals surface area contributed by atoms with E-state index in [9.17, 15) is 4.39 Å². The van der Waals surface area contributed by atoms with E-state index in [4.69, 9.17) is 5.26 Å². The highest BCUT2D eigenvalue weighted by molar-refractivity contribution is 7.98. The van der Waals surface area contributed by atoms with E-state index in [-0.39, 0.29) is 5.82 Å². The lowest BCUT2D eigenvalue weighted by Crippen LogP contribution is -2.42. The molecule has 4 aliphatic rings. The van der Waals surface area contributed by atoms with Crippen LogP contribution in [0, 0.1) is 34.9 Å². The molecule has 0 amide bonds. The van der Waals surface area contributed by atoms with E-state index in [1.165, 1.54) is 114 Å². The Labute approximate surface area is 273 Å². The first-order valence-electron chi connectivity index (χ1n) is 17.2. The Morgan fingerprint density at radius 1 is 1.09 bits per heavy atom. The summed E-state index contributed by atoms with van der Waals surface area (Å²) in [5.41, 5.74) is 3.63. The van der Waals surface area contributed by atoms with Gasteiger partial charge in [-0.2, -0.15) is 5.26 Å². The lowest BCUT2D eigenvalue weighted by molar-refractivity contribution is 0.106. The molecule has 5 heteroatoms. The van der Waals surface area contributed by atoms with Crippen LogP contribution in [0.5, 0.6) is 0 Å². The molecule has 1 N–H and O–H groups in total. The number of hydrogen-bond acceptors (Lipinski definition) is 4. The van der Waals surface area contributed by atoms with Crippen LogP contribution in [0.2, 0.25) is 0 Å². The number of rotatable bonds is 5. The standard InChI is InChI=1S/C15H17N.C13H25N.C8H10FNS.C3H6/c1-11-5-6-15(9-14(15)7-11)13-4-2-3-12(8-13)10-16;1-2-12-8-10-14(11-9-12)13-6-4-3-5-7-13;1-10-6-3-4-7(9)8(5-6)11-2;1-3-2/h2-4,8,11,14H,5-7,9H2,1H3;12-13H,2-11H2,1H3;3-5,10H,1-2H3;3H,1H2,2H3. The molecule has 6 rings (SSSR count). The van der Waals surface area contributed by atoms with E-state index in [0.717, 1.165) is 35.0 Å². The Kier molecular flexibility index (Phi) is 15.3. The largest absolute Gasteiger partial charge is 0.388 e. The first kappa shape index (κ1) is 36.2. The van der Waals surface area contributed by atoms with Gasteiger partial charge in [-0.15, -0.1) is 18.3 Å². The summed E-state index contributed by atoms with van der Waals surface area (Å²) in [4.78, 5) is 3.46. The second-order valence-electron chi connectivity index (χ2n) is 13.3. The van der Waals surface area contributed by atoms with Gasteiger partial charge in [0.05, 0.1) is 11.6 Å². The van der Waals surface area contributed by atoms with Crippen molar-refractivity contribution in [3.8, 4) is 6.07 Å². The van der Waals surface area contributed by atoms with E-state index >= 15 is 0 Å². The number of fused-ring (bicyclic) bond motifs is 1. The number of nitriles is 1. The van der Waals surface area contributed by atoms with Crippen LogP contribution in [0.3, 0.4) is 0 Å². The van der Waals surface area contributed by atoms with Crippen LogP contribution in [-0.4, -0.2) is 37.3 Å². The van der Waals surface area contributed by atoms with Crippen LogP contribution < -0.4 is 5.32 Å². The zero-order valence-electron chi connectivity index (χ0n) is 28.2. The molecule has 3 atom stereocenters. The minimum absolute atomic E-state index is 0.156. The molecule has 2 aromatic carbocycles. The van der Waals surface area contributed by atoms with Crippen molar-refractivity contribution >= 4 is 17.4 Å². The number of thioether (sulfide) groups is 1. The lowest BCUT2D eigenvalue weighted by Gasteiger charge is -2.39. The first-order chi connectivity index (χ1) is 21.3. The van der Waals surface area contributed by atoms with Crippen molar-refractivity contribution in [1.82, 2.24) is 4.90 Å². The molecule has 0 bridgehead atoms. The molecular weight excluding hydrogens is 562 g/mol. The maximum Gasteiger partial charge on any atom is 0.136 e. The van der Waals surface area contributed by atoms with Crippen molar-refractivity contribution in [3.63, 3.8) is 0 Å². The predicted octanol–water partition coefficient (Wildman–Crippen LogP) is 10.9. The second kappa shape index (κ2) is 18.6. The van der Waals surface area contributed by atoms with Crippen molar-refractivity contribution in [1.29, 1.82) is 5.26 Å². The van der Waals surface area contributed by atoms with Gasteiger partial charge in [0, 0.05) is 23.7 Å². The summed E-state index contributed by atoms with van der Waals surface area (Å²) in [6.45, 7) is 12.8. The van der Waals surface area contributed by atoms with Gasteiger partial charge in [0.2, 0.25) is 0 Å². The number of anilines is 1. The van der Waals surface area contributed by atoms with Crippen LogP contribution in [0.4, 0.5) is 10.1 Å². The molecule has 4 fully saturated rings. The minimum Gasteiger partial charge on any atom is -0.388 e. The summed E-state index contributed by atoms with van der Waals surface area (Å²) in [7, 11) is 1.82. The van der Waals surface area contributed by atoms with Gasteiger partial charge in [0.25, 0.3) is 0 Å². The quantitative estimate of drug-likeness (QED) is 0.267. The molecular formula is C39H58FN3S. The molecule has 3 unspecified atom stereocenters. The molecule has 3 saturated carbocycles. The van der Waals surface area contributed by atoms with Crippen LogP contribution in [-0.2, 0) is 5.41 Å². The maximum atomic E-state index is 12.9. The molecule has 0 aromatic heterocycles. The van der Waals surface area contributed by atoms with Gasteiger partial charge in [-0.1, -0.05) is 57.7 Å². The van der Waals surface area contributed by atoms with Crippen molar-refractivity contribution in [2.45, 2.75) is 114 Å². The Morgan fingerprint density at radius 2 is 1.80 bits per heavy atom. The van der Waals surface area contributed by atoms with Crippen LogP contribution in [0.25, 0.3) is 0 Å². The third kappa shape index (κ3) is 10.4. The summed E-state index contributed by atoms with van der Waals surface area (Å²) in [5, 5.41) is 11.9. The van der Waals surface area contributed by atoms with Gasteiger partial charge >= 0.3 is 0 Å². The summed E-state index contributed by atoms with van der Waals surface area (Å²) in [6.07, 6.45) is 20.8. The number of nitrogens with one attached hydrogen (secondary N) is 1. The van der Waals surface area contributed by atoms with Crippen LogP contribution in [0.1, 0.15) is 109 Å². The van der Waals surface area contributed by atoms with Gasteiger partial charge < -0.3 is 10.2 Å². The summed E-state index contributed by atoms with van der Waals surface area (Å²) >= 11 is 1.41. The van der Waals surface area contributed by atoms with Crippen LogP contribution in [0.15, 0.2) is 60.0 Å². The fourth-order valence-electron chi connectivity index (χ4n) is 7.49. The number of halogens is 1. The Bertz CT molecular complexity index is 1180. The molecule has 3 aliphatic carbocycles. The van der Waals surface area contributed by atoms with Gasteiger partial charge in [0.15, 0.2) is 0 Å². The zero-order valence-corrected chi connectivity index (χ0v) is 29.0. The molecule has 1 saturated heterocycles. The zero-order chi connectivity index (χ0) is 32.0. The molecule has 44 heavy (non-hydrogen) atoms. The third-order valence-corrected chi connectivity index (χ3v) is 11.1. The Morgan fingerprint density at radius 3 is 2.39 bits per heavy atom. The van der Waals surface area contributed by atoms with E-state index in [1.54, 1.807) is 18.2 Å². The number of nitrogens with zero attached hydrogens (tertiary/aromatic N) is 2. The van der Waals surface area contributed by atoms with Crippen molar-refractivity contribution in [2.24, 2.45) is 17.8 Å². The number of hydrogen-bond donors (Lipinski definition) is 1. The molecule has 1 aliphatic heterocycles. The fraction of sp³-hybridized carbons (Fsp3) is 0.615. The molecule has 0 radical (unpaired) electrons. The summed E-state index contributed by atoms with van der Waals surface area (Å²) < 4.78 is 12.9. The number of likely N-dealkylation sites (tertiary alicyclic amines) is 1. The normalized spacial score (nSPS) is 24.8. The van der Waals surface area contributed by atoms with Crippen LogP contribution >= 0.6 is 11.8 Å². The van der Waals surface area contributed by atoms with Crippen molar-refractivity contribution < 1.29 is 4.39 Å². The van der Waals surface area contributed by atoms with E-state index in [1.807, 2.05) is 32.4 Å². The minimum atomic E-state index is -0.156. The molecule has 242 valence electrons. The number of allylic oxidation sites excluding steroid dienone is 1. The maximum absolute atomic E-state index is 12.9. The average Bonchev–Trinajstić information content (AvgIpc) is 3.81. The van der Waals surface area contributed by atoms with Gasteiger partial charge in [0.1, 0.15) is 5.82 Å². The summed E-state index contributed by atoms with van der Waals surface area (Å²) in [6, 6.07) is 16.5. The van der Waals surface area contributed by atoms with Gasteiger partial charge in [-0.3, -0.25) is 0 Å². The molecule has 0 spiro atoms. The number of piperidine rings is 1. The molecule has 1 heterocycles. The highest BCUT2D eigenvalue weighted by Crippen LogP contribution is 2.63. The monoisotopic (exact) mass is 619 g/mol. The van der Waals surface area contributed by atoms with Gasteiger partial charge in [-0.25, -0.2) is 4.39 Å². The highest BCUT2D eigenvalue weighted by atomic mass is 32.2. The number of benzene rings is 2. The first-order valence-corrected chi connectivity index (χ1v) is 18.4. The third-order valence-electron chi connectivity index (χ3n) is 10.3. The van der Waals surface area contributed by atoms with E-state index < -0.39 is 0 Å². The molecule has 2 aromatic rings. The SMILES string of the molecule is C=CC.CC1CCC2(c3cccc(C#N)c3)CC2C1.CCC1CCN(C2CCCCC2)CC1.CNc1ccc(F)c(SC)c1. The fourth-order valence-corrected chi connectivity index (χ4v) is 8.00. The van der Waals surface area contributed by atoms with E-state index in [0.29, 0.717) is 10.3 Å². The van der Waals surface area contributed by atoms with Crippen molar-refractivity contribution in [3.05, 3.63) is 72.1 Å². The highest BCUT2D eigenvalue weighted by Gasteiger charge is 2.56. The summed E-state index contributed by atoms with van der Waals surface area (Å²) in [5.74, 6) is 2.68. The van der Waals surface area contributed by atoms with E-state index in [2.05, 4.69) is 48.8 Å². The average molecular weight is 620 g/mol. The lowest BCUT2D eigenvalue weighted by atomic mass is 9.78. The van der Waals surface area contributed by atoms with Crippen molar-refractivity contribution in [2.75, 3.05) is 31.7 Å². The topological polar surface area (TPSA) is 39.1 Å². The molecule has 3 nitrogen and oxygen atoms in total. The second-order valence-corrected chi connectivity index (χ2v) is 14.2. The predicted molar refractivity (Wildman–Crippen MR) is 189 cm³/mol. The van der Waals surface area contributed by atoms with Gasteiger partial charge in [-0.05, 0) is 137 Å². The Balaban J connectivity index is 0.000000175.